The molecular weight excluding hydrogens is 680 g/mol. The molecule has 296 valence electrons. The maximum absolute atomic E-state index is 6.53. The van der Waals surface area contributed by atoms with Crippen molar-refractivity contribution in [2.45, 2.75) is 203 Å². The Morgan fingerprint density at radius 3 is 1.64 bits per heavy atom. The molecule has 0 aromatic carbocycles. The normalized spacial score (nSPS) is 14.9. The zero-order valence-corrected chi connectivity index (χ0v) is 39.7. The lowest BCUT2D eigenvalue weighted by molar-refractivity contribution is 0.296. The van der Waals surface area contributed by atoms with Crippen LogP contribution in [0.1, 0.15) is 169 Å². The molecule has 0 aliphatic carbocycles. The van der Waals surface area contributed by atoms with Crippen molar-refractivity contribution in [2.24, 2.45) is 4.99 Å². The fourth-order valence-corrected chi connectivity index (χ4v) is 9.02. The van der Waals surface area contributed by atoms with Crippen molar-refractivity contribution in [3.8, 4) is 23.5 Å². The number of hydrogen-bond acceptors (Lipinski definition) is 3. The van der Waals surface area contributed by atoms with Crippen LogP contribution in [0.3, 0.4) is 0 Å². The predicted octanol–water partition coefficient (Wildman–Crippen LogP) is 13.5. The maximum Gasteiger partial charge on any atom is 0.433 e. The SMILES string of the molecule is CCCCCCCCC/C(=C1/N=C(C)C(CC)=C1C)c1c(C)c(CC)c(C)n1B(C#CCCO[Si](C)(C)C(C)(C)C)C#CCCO[Si](C)(C)C(C)(C)C. The summed E-state index contributed by atoms with van der Waals surface area (Å²) in [6, 6.07) is 0. The van der Waals surface area contributed by atoms with Crippen LogP contribution in [0.25, 0.3) is 5.57 Å². The zero-order valence-electron chi connectivity index (χ0n) is 37.7. The number of unbranched alkanes of at least 4 members (excludes halogenated alkanes) is 6. The van der Waals surface area contributed by atoms with E-state index < -0.39 is 16.6 Å². The van der Waals surface area contributed by atoms with Gasteiger partial charge in [-0.1, -0.05) is 101 Å². The number of allylic oxidation sites excluding steroid dienone is 3. The molecule has 0 radical (unpaired) electrons. The van der Waals surface area contributed by atoms with Crippen LogP contribution in [0, 0.1) is 37.3 Å². The summed E-state index contributed by atoms with van der Waals surface area (Å²) in [5.74, 6) is 14.5. The molecule has 2 heterocycles. The van der Waals surface area contributed by atoms with E-state index in [0.717, 1.165) is 25.7 Å². The first-order valence-electron chi connectivity index (χ1n) is 21.1. The van der Waals surface area contributed by atoms with Crippen LogP contribution in [0.5, 0.6) is 0 Å². The number of aliphatic imine (C=N–C) groups is 1. The summed E-state index contributed by atoms with van der Waals surface area (Å²) < 4.78 is 15.5. The quantitative estimate of drug-likeness (QED) is 0.0849. The fourth-order valence-electron chi connectivity index (χ4n) is 6.93. The Kier molecular flexibility index (Phi) is 18.5. The molecule has 0 atom stereocenters. The lowest BCUT2D eigenvalue weighted by Crippen LogP contribution is -2.40. The molecule has 0 fully saturated rings. The van der Waals surface area contributed by atoms with Crippen molar-refractivity contribution < 1.29 is 8.85 Å². The Balaban J connectivity index is 2.70. The van der Waals surface area contributed by atoms with Crippen molar-refractivity contribution in [1.29, 1.82) is 0 Å². The van der Waals surface area contributed by atoms with Crippen LogP contribution in [0.15, 0.2) is 21.8 Å². The third kappa shape index (κ3) is 12.7. The zero-order chi connectivity index (χ0) is 40.2. The van der Waals surface area contributed by atoms with Crippen LogP contribution in [-0.2, 0) is 15.3 Å². The summed E-state index contributed by atoms with van der Waals surface area (Å²) in [6.07, 6.45) is 13.4. The van der Waals surface area contributed by atoms with Gasteiger partial charge < -0.3 is 13.3 Å². The van der Waals surface area contributed by atoms with Crippen molar-refractivity contribution in [1.82, 2.24) is 4.48 Å². The lowest BCUT2D eigenvalue weighted by atomic mass is 9.63. The minimum Gasteiger partial charge on any atom is -0.416 e. The first-order valence-corrected chi connectivity index (χ1v) is 26.9. The van der Waals surface area contributed by atoms with E-state index >= 15 is 0 Å². The van der Waals surface area contributed by atoms with E-state index in [4.69, 9.17) is 13.8 Å². The average Bonchev–Trinajstić information content (AvgIpc) is 3.48. The second-order valence-electron chi connectivity index (χ2n) is 18.4. The van der Waals surface area contributed by atoms with Gasteiger partial charge in [-0.25, -0.2) is 0 Å². The van der Waals surface area contributed by atoms with E-state index in [2.05, 4.69) is 144 Å². The van der Waals surface area contributed by atoms with E-state index in [1.54, 1.807) is 0 Å². The average molecular weight is 759 g/mol. The van der Waals surface area contributed by atoms with Crippen LogP contribution >= 0.6 is 0 Å². The van der Waals surface area contributed by atoms with Crippen molar-refractivity contribution in [2.75, 3.05) is 13.2 Å². The van der Waals surface area contributed by atoms with Crippen molar-refractivity contribution in [3.63, 3.8) is 0 Å². The maximum atomic E-state index is 6.53. The number of aromatic nitrogens is 1. The summed E-state index contributed by atoms with van der Waals surface area (Å²) >= 11 is 0. The van der Waals surface area contributed by atoms with Crippen LogP contribution in [-0.4, -0.2) is 46.9 Å². The van der Waals surface area contributed by atoms with Gasteiger partial charge >= 0.3 is 6.85 Å². The monoisotopic (exact) mass is 759 g/mol. The molecule has 53 heavy (non-hydrogen) atoms. The van der Waals surface area contributed by atoms with Gasteiger partial charge in [0, 0.05) is 48.7 Å². The van der Waals surface area contributed by atoms with E-state index in [0.29, 0.717) is 26.1 Å². The molecular formula is C46H79BN2O2Si2. The first kappa shape index (κ1) is 47.1. The van der Waals surface area contributed by atoms with Crippen molar-refractivity contribution >= 4 is 34.8 Å². The molecule has 0 N–H and O–H groups in total. The standard InChI is InChI=1S/C46H79BN2O2Si2/c1-18-21-22-23-24-25-26-31-42(43-36(4)40(19-2)38(6)48-43)44-37(5)41(20-3)39(7)49(44)47(32-27-29-34-50-52(14,15)45(8,9)10)33-28-30-35-51-53(16,17)46(11,12)13/h18-26,29-31,34-35H2,1-17H3/b43-42-. The molecule has 7 heteroatoms. The number of nitrogens with zero attached hydrogens (tertiary/aromatic N) is 2. The van der Waals surface area contributed by atoms with Gasteiger partial charge in [-0.15, -0.1) is 23.5 Å². The molecule has 0 amide bonds. The Bertz CT molecular complexity index is 1540. The van der Waals surface area contributed by atoms with E-state index in [1.165, 1.54) is 89.2 Å². The van der Waals surface area contributed by atoms with E-state index in [9.17, 15) is 0 Å². The molecule has 1 aliphatic rings. The molecule has 0 unspecified atom stereocenters. The largest absolute Gasteiger partial charge is 0.433 e. The number of hydrogen-bond donors (Lipinski definition) is 0. The highest BCUT2D eigenvalue weighted by atomic mass is 28.4. The van der Waals surface area contributed by atoms with Gasteiger partial charge in [-0.3, -0.25) is 4.99 Å². The summed E-state index contributed by atoms with van der Waals surface area (Å²) in [5, 5.41) is 0.355. The third-order valence-corrected chi connectivity index (χ3v) is 21.5. The number of rotatable bonds is 18. The molecule has 0 saturated heterocycles. The van der Waals surface area contributed by atoms with E-state index in [1.807, 2.05) is 0 Å². The second kappa shape index (κ2) is 20.8. The molecule has 1 aliphatic heterocycles. The highest BCUT2D eigenvalue weighted by Gasteiger charge is 2.38. The summed E-state index contributed by atoms with van der Waals surface area (Å²) in [5.41, 5.74) is 11.8. The molecule has 1 aromatic heterocycles. The highest BCUT2D eigenvalue weighted by Crippen LogP contribution is 2.40. The van der Waals surface area contributed by atoms with Crippen LogP contribution < -0.4 is 0 Å². The second-order valence-corrected chi connectivity index (χ2v) is 28.0. The lowest BCUT2D eigenvalue weighted by Gasteiger charge is -2.35. The molecule has 4 nitrogen and oxygen atoms in total. The Morgan fingerprint density at radius 1 is 0.717 bits per heavy atom. The van der Waals surface area contributed by atoms with Gasteiger partial charge in [-0.05, 0) is 112 Å². The molecule has 0 bridgehead atoms. The first-order chi connectivity index (χ1) is 24.7. The smallest absolute Gasteiger partial charge is 0.416 e. The van der Waals surface area contributed by atoms with Gasteiger partial charge in [0.1, 0.15) is 0 Å². The Morgan fingerprint density at radius 2 is 1.21 bits per heavy atom. The van der Waals surface area contributed by atoms with Crippen LogP contribution in [0.4, 0.5) is 0 Å². The summed E-state index contributed by atoms with van der Waals surface area (Å²) in [7, 11) is -3.69. The van der Waals surface area contributed by atoms with Gasteiger partial charge in [-0.2, -0.15) is 0 Å². The minimum atomic E-state index is -1.84. The molecule has 0 saturated carbocycles. The molecule has 0 spiro atoms. The predicted molar refractivity (Wildman–Crippen MR) is 241 cm³/mol. The van der Waals surface area contributed by atoms with Gasteiger partial charge in [0.05, 0.1) is 5.70 Å². The Labute approximate surface area is 331 Å². The van der Waals surface area contributed by atoms with Crippen LogP contribution in [0.2, 0.25) is 36.3 Å². The van der Waals surface area contributed by atoms with Gasteiger partial charge in [0.25, 0.3) is 0 Å². The summed E-state index contributed by atoms with van der Waals surface area (Å²) in [6.45, 7) is 40.0. The van der Waals surface area contributed by atoms with Gasteiger partial charge in [0.2, 0.25) is 0 Å². The highest BCUT2D eigenvalue weighted by molar-refractivity contribution is 6.75. The summed E-state index contributed by atoms with van der Waals surface area (Å²) in [4.78, 5) is 5.31. The van der Waals surface area contributed by atoms with E-state index in [-0.39, 0.29) is 16.9 Å². The topological polar surface area (TPSA) is 35.8 Å². The molecule has 1 aromatic rings. The van der Waals surface area contributed by atoms with Gasteiger partial charge in [0.15, 0.2) is 16.6 Å². The van der Waals surface area contributed by atoms with Crippen molar-refractivity contribution in [3.05, 3.63) is 39.4 Å². The Hall–Kier alpha value is -2.03. The fraction of sp³-hybridized carbons (Fsp3) is 0.717. The minimum absolute atomic E-state index is 0.177. The third-order valence-electron chi connectivity index (χ3n) is 12.4. The molecule has 2 rings (SSSR count).